The predicted molar refractivity (Wildman–Crippen MR) is 109 cm³/mol. The first-order valence-electron chi connectivity index (χ1n) is 8.90. The molecule has 146 valence electrons. The van der Waals surface area contributed by atoms with E-state index in [0.717, 1.165) is 23.1 Å². The Labute approximate surface area is 167 Å². The zero-order valence-electron chi connectivity index (χ0n) is 16.2. The van der Waals surface area contributed by atoms with Gasteiger partial charge in [0.15, 0.2) is 23.4 Å². The molecule has 0 aliphatic heterocycles. The van der Waals surface area contributed by atoms with E-state index in [1.165, 1.54) is 0 Å². The lowest BCUT2D eigenvalue weighted by molar-refractivity contribution is 0.111. The molecule has 0 spiro atoms. The number of carbonyl (C=O) groups excluding carboxylic acids is 1. The summed E-state index contributed by atoms with van der Waals surface area (Å²) in [5.41, 5.74) is 4.02. The van der Waals surface area contributed by atoms with Crippen LogP contribution in [0.25, 0.3) is 28.2 Å². The molecular formula is C22H19N3O4. The maximum atomic E-state index is 11.5. The van der Waals surface area contributed by atoms with Gasteiger partial charge in [0, 0.05) is 17.2 Å². The predicted octanol–water partition coefficient (Wildman–Crippen LogP) is 3.90. The van der Waals surface area contributed by atoms with Crippen molar-refractivity contribution in [3.05, 3.63) is 60.3 Å². The number of aromatic nitrogens is 3. The Bertz CT molecular complexity index is 1160. The van der Waals surface area contributed by atoms with Gasteiger partial charge in [0.2, 0.25) is 5.75 Å². The van der Waals surface area contributed by atoms with Crippen LogP contribution in [0.4, 0.5) is 0 Å². The topological polar surface area (TPSA) is 75.0 Å². The third kappa shape index (κ3) is 3.27. The first kappa shape index (κ1) is 18.5. The molecule has 0 atom stereocenters. The molecule has 2 heterocycles. The number of rotatable bonds is 6. The average Bonchev–Trinajstić information content (AvgIpc) is 3.22. The van der Waals surface area contributed by atoms with Crippen LogP contribution in [-0.4, -0.2) is 42.2 Å². The molecule has 0 bridgehead atoms. The van der Waals surface area contributed by atoms with Crippen molar-refractivity contribution in [2.45, 2.75) is 0 Å². The number of aldehydes is 1. The van der Waals surface area contributed by atoms with Gasteiger partial charge in [-0.3, -0.25) is 4.79 Å². The molecule has 0 aliphatic rings. The number of nitrogens with zero attached hydrogens (tertiary/aromatic N) is 3. The van der Waals surface area contributed by atoms with Crippen molar-refractivity contribution in [2.75, 3.05) is 21.3 Å². The van der Waals surface area contributed by atoms with Crippen LogP contribution < -0.4 is 14.2 Å². The summed E-state index contributed by atoms with van der Waals surface area (Å²) >= 11 is 0. The molecule has 0 fully saturated rings. The van der Waals surface area contributed by atoms with Crippen molar-refractivity contribution in [1.82, 2.24) is 14.6 Å². The summed E-state index contributed by atoms with van der Waals surface area (Å²) in [5, 5.41) is 4.71. The summed E-state index contributed by atoms with van der Waals surface area (Å²) in [6.07, 6.45) is 0.719. The van der Waals surface area contributed by atoms with E-state index in [4.69, 9.17) is 19.3 Å². The molecule has 7 nitrogen and oxygen atoms in total. The summed E-state index contributed by atoms with van der Waals surface area (Å²) in [4.78, 5) is 15.9. The van der Waals surface area contributed by atoms with E-state index in [1.807, 2.05) is 48.5 Å². The molecule has 0 radical (unpaired) electrons. The van der Waals surface area contributed by atoms with E-state index in [2.05, 4.69) is 4.98 Å². The third-order valence-corrected chi connectivity index (χ3v) is 4.60. The second-order valence-electron chi connectivity index (χ2n) is 6.26. The minimum Gasteiger partial charge on any atom is -0.493 e. The highest BCUT2D eigenvalue weighted by Gasteiger charge is 2.18. The van der Waals surface area contributed by atoms with Crippen LogP contribution in [0.15, 0.2) is 54.6 Å². The Kier molecular flexibility index (Phi) is 4.87. The Morgan fingerprint density at radius 3 is 2.14 bits per heavy atom. The molecular weight excluding hydrogens is 370 g/mol. The Morgan fingerprint density at radius 2 is 1.55 bits per heavy atom. The van der Waals surface area contributed by atoms with E-state index >= 15 is 0 Å². The van der Waals surface area contributed by atoms with Crippen LogP contribution >= 0.6 is 0 Å². The van der Waals surface area contributed by atoms with Gasteiger partial charge in [-0.1, -0.05) is 30.3 Å². The summed E-state index contributed by atoms with van der Waals surface area (Å²) in [6.45, 7) is 0. The van der Waals surface area contributed by atoms with Crippen molar-refractivity contribution >= 4 is 11.9 Å². The van der Waals surface area contributed by atoms with Crippen LogP contribution in [0.3, 0.4) is 0 Å². The van der Waals surface area contributed by atoms with Gasteiger partial charge in [-0.25, -0.2) is 9.50 Å². The lowest BCUT2D eigenvalue weighted by atomic mass is 10.1. The Hall–Kier alpha value is -3.87. The highest BCUT2D eigenvalue weighted by molar-refractivity contribution is 5.79. The minimum atomic E-state index is 0.306. The molecule has 7 heteroatoms. The number of methoxy groups -OCH3 is 3. The summed E-state index contributed by atoms with van der Waals surface area (Å²) in [5.74, 6) is 1.51. The standard InChI is InChI=1S/C22H19N3O4/c1-27-19-9-15(10-20(28-2)22(19)29-3)18-11-16(13-26)23-21-12-17(24-25(18)21)14-7-5-4-6-8-14/h4-13H,1-3H3. The average molecular weight is 389 g/mol. The second kappa shape index (κ2) is 7.63. The monoisotopic (exact) mass is 389 g/mol. The zero-order valence-corrected chi connectivity index (χ0v) is 16.2. The van der Waals surface area contributed by atoms with Gasteiger partial charge in [0.1, 0.15) is 5.69 Å². The van der Waals surface area contributed by atoms with E-state index in [9.17, 15) is 4.79 Å². The molecule has 2 aromatic heterocycles. The Balaban J connectivity index is 1.98. The van der Waals surface area contributed by atoms with Crippen LogP contribution in [-0.2, 0) is 0 Å². The second-order valence-corrected chi connectivity index (χ2v) is 6.26. The zero-order chi connectivity index (χ0) is 20.4. The van der Waals surface area contributed by atoms with Crippen LogP contribution in [0.2, 0.25) is 0 Å². The molecule has 2 aromatic carbocycles. The molecule has 0 unspecified atom stereocenters. The molecule has 0 saturated heterocycles. The lowest BCUT2D eigenvalue weighted by Gasteiger charge is -2.15. The van der Waals surface area contributed by atoms with Gasteiger partial charge in [0.25, 0.3) is 0 Å². The maximum absolute atomic E-state index is 11.5. The molecule has 4 aromatic rings. The number of hydrogen-bond donors (Lipinski definition) is 0. The number of hydrogen-bond acceptors (Lipinski definition) is 6. The summed E-state index contributed by atoms with van der Waals surface area (Å²) in [7, 11) is 4.66. The summed E-state index contributed by atoms with van der Waals surface area (Å²) in [6, 6.07) is 17.0. The van der Waals surface area contributed by atoms with Crippen molar-refractivity contribution < 1.29 is 19.0 Å². The summed E-state index contributed by atoms with van der Waals surface area (Å²) < 4.78 is 18.0. The fourth-order valence-electron chi connectivity index (χ4n) is 3.24. The quantitative estimate of drug-likeness (QED) is 0.466. The Morgan fingerprint density at radius 1 is 0.862 bits per heavy atom. The molecule has 0 saturated carbocycles. The van der Waals surface area contributed by atoms with E-state index < -0.39 is 0 Å². The number of fused-ring (bicyclic) bond motifs is 1. The fourth-order valence-corrected chi connectivity index (χ4v) is 3.24. The first-order chi connectivity index (χ1) is 14.2. The lowest BCUT2D eigenvalue weighted by Crippen LogP contribution is -2.01. The van der Waals surface area contributed by atoms with Gasteiger partial charge < -0.3 is 14.2 Å². The molecule has 29 heavy (non-hydrogen) atoms. The molecule has 4 rings (SSSR count). The van der Waals surface area contributed by atoms with Crippen LogP contribution in [0.1, 0.15) is 10.5 Å². The van der Waals surface area contributed by atoms with Crippen molar-refractivity contribution in [1.29, 1.82) is 0 Å². The van der Waals surface area contributed by atoms with Crippen LogP contribution in [0.5, 0.6) is 17.2 Å². The van der Waals surface area contributed by atoms with Gasteiger partial charge in [-0.05, 0) is 18.2 Å². The maximum Gasteiger partial charge on any atom is 0.203 e. The van der Waals surface area contributed by atoms with E-state index in [-0.39, 0.29) is 0 Å². The first-order valence-corrected chi connectivity index (χ1v) is 8.90. The molecule has 0 amide bonds. The largest absolute Gasteiger partial charge is 0.493 e. The highest BCUT2D eigenvalue weighted by Crippen LogP contribution is 2.41. The normalized spacial score (nSPS) is 10.7. The number of carbonyl (C=O) groups is 1. The van der Waals surface area contributed by atoms with Gasteiger partial charge in [-0.2, -0.15) is 5.10 Å². The highest BCUT2D eigenvalue weighted by atomic mass is 16.5. The van der Waals surface area contributed by atoms with Crippen molar-refractivity contribution in [3.8, 4) is 39.8 Å². The minimum absolute atomic E-state index is 0.306. The van der Waals surface area contributed by atoms with Crippen LogP contribution in [0, 0.1) is 0 Å². The molecule has 0 N–H and O–H groups in total. The number of benzene rings is 2. The fraction of sp³-hybridized carbons (Fsp3) is 0.136. The van der Waals surface area contributed by atoms with Crippen molar-refractivity contribution in [3.63, 3.8) is 0 Å². The van der Waals surface area contributed by atoms with Gasteiger partial charge in [0.05, 0.1) is 32.7 Å². The third-order valence-electron chi connectivity index (χ3n) is 4.60. The molecule has 0 aliphatic carbocycles. The SMILES string of the molecule is COc1cc(-c2cc(C=O)nc3cc(-c4ccccc4)nn23)cc(OC)c1OC. The van der Waals surface area contributed by atoms with Crippen molar-refractivity contribution in [2.24, 2.45) is 0 Å². The van der Waals surface area contributed by atoms with Gasteiger partial charge >= 0.3 is 0 Å². The number of ether oxygens (including phenoxy) is 3. The van der Waals surface area contributed by atoms with E-state index in [1.54, 1.807) is 31.9 Å². The van der Waals surface area contributed by atoms with Gasteiger partial charge in [-0.15, -0.1) is 0 Å². The smallest absolute Gasteiger partial charge is 0.203 e. The van der Waals surface area contributed by atoms with E-state index in [0.29, 0.717) is 34.3 Å².